The minimum absolute atomic E-state index is 0.164. The van der Waals surface area contributed by atoms with Crippen LogP contribution in [0, 0.1) is 0 Å². The van der Waals surface area contributed by atoms with Gasteiger partial charge < -0.3 is 5.11 Å². The average Bonchev–Trinajstić information content (AvgIpc) is 2.62. The van der Waals surface area contributed by atoms with Crippen molar-refractivity contribution < 1.29 is 9.90 Å². The Balaban J connectivity index is 1.67. The minimum Gasteiger partial charge on any atom is -0.508 e. The van der Waals surface area contributed by atoms with E-state index in [0.717, 1.165) is 22.2 Å². The van der Waals surface area contributed by atoms with Crippen LogP contribution < -0.4 is 5.43 Å². The number of hydrogen-bond acceptors (Lipinski definition) is 4. The average molecular weight is 374 g/mol. The van der Waals surface area contributed by atoms with E-state index < -0.39 is 5.38 Å². The SMILES string of the molecule is O=C1C(Cl)C(c2ccc(O)cc2)N1Nc1ccnc2cc(Cl)ccc12. The van der Waals surface area contributed by atoms with Crippen molar-refractivity contribution in [2.75, 3.05) is 5.43 Å². The monoisotopic (exact) mass is 373 g/mol. The molecule has 1 aromatic heterocycles. The number of β-lactam (4-membered cyclic amide) rings is 1. The van der Waals surface area contributed by atoms with E-state index in [-0.39, 0.29) is 17.7 Å². The third-order valence-electron chi connectivity index (χ3n) is 4.21. The summed E-state index contributed by atoms with van der Waals surface area (Å²) in [6.45, 7) is 0. The van der Waals surface area contributed by atoms with Crippen molar-refractivity contribution in [2.45, 2.75) is 11.4 Å². The van der Waals surface area contributed by atoms with E-state index in [2.05, 4.69) is 10.4 Å². The van der Waals surface area contributed by atoms with Crippen molar-refractivity contribution in [2.24, 2.45) is 0 Å². The van der Waals surface area contributed by atoms with Crippen LogP contribution in [0.15, 0.2) is 54.7 Å². The van der Waals surface area contributed by atoms with Crippen molar-refractivity contribution in [1.82, 2.24) is 9.99 Å². The molecule has 5 nitrogen and oxygen atoms in total. The molecule has 3 aromatic rings. The Kier molecular flexibility index (Phi) is 3.90. The molecule has 0 aliphatic carbocycles. The maximum absolute atomic E-state index is 12.3. The third-order valence-corrected chi connectivity index (χ3v) is 4.87. The van der Waals surface area contributed by atoms with Crippen LogP contribution >= 0.6 is 23.2 Å². The third kappa shape index (κ3) is 2.75. The maximum Gasteiger partial charge on any atom is 0.262 e. The molecule has 7 heteroatoms. The molecule has 1 amide bonds. The Hall–Kier alpha value is -2.50. The topological polar surface area (TPSA) is 65.5 Å². The molecule has 4 rings (SSSR count). The number of aromatic nitrogens is 1. The molecule has 25 heavy (non-hydrogen) atoms. The fourth-order valence-corrected chi connectivity index (χ4v) is 3.45. The number of hydrazine groups is 1. The number of pyridine rings is 1. The van der Waals surface area contributed by atoms with E-state index >= 15 is 0 Å². The van der Waals surface area contributed by atoms with E-state index in [0.29, 0.717) is 5.02 Å². The van der Waals surface area contributed by atoms with E-state index in [1.54, 1.807) is 48.7 Å². The van der Waals surface area contributed by atoms with E-state index in [1.807, 2.05) is 6.07 Å². The summed E-state index contributed by atoms with van der Waals surface area (Å²) in [5, 5.41) is 11.7. The summed E-state index contributed by atoms with van der Waals surface area (Å²) >= 11 is 12.2. The summed E-state index contributed by atoms with van der Waals surface area (Å²) < 4.78 is 0. The number of nitrogens with zero attached hydrogens (tertiary/aromatic N) is 2. The highest BCUT2D eigenvalue weighted by atomic mass is 35.5. The van der Waals surface area contributed by atoms with Crippen molar-refractivity contribution in [3.05, 3.63) is 65.3 Å². The fourth-order valence-electron chi connectivity index (χ4n) is 2.92. The van der Waals surface area contributed by atoms with Gasteiger partial charge in [-0.2, -0.15) is 0 Å². The maximum atomic E-state index is 12.3. The van der Waals surface area contributed by atoms with E-state index in [1.165, 1.54) is 5.01 Å². The number of carbonyl (C=O) groups is 1. The largest absolute Gasteiger partial charge is 0.508 e. The number of rotatable bonds is 3. The van der Waals surface area contributed by atoms with Crippen LogP contribution in [-0.2, 0) is 4.79 Å². The van der Waals surface area contributed by atoms with Gasteiger partial charge in [0.2, 0.25) is 0 Å². The Labute approximate surface area is 153 Å². The summed E-state index contributed by atoms with van der Waals surface area (Å²) in [5.74, 6) is -0.0456. The van der Waals surface area contributed by atoms with Crippen molar-refractivity contribution in [3.8, 4) is 5.75 Å². The summed E-state index contributed by atoms with van der Waals surface area (Å²) in [6, 6.07) is 13.5. The number of nitrogens with one attached hydrogen (secondary N) is 1. The molecule has 0 saturated carbocycles. The molecular formula is C18H13Cl2N3O2. The molecular weight excluding hydrogens is 361 g/mol. The summed E-state index contributed by atoms with van der Waals surface area (Å²) in [5.41, 5.74) is 5.45. The molecule has 0 spiro atoms. The van der Waals surface area contributed by atoms with E-state index in [9.17, 15) is 9.90 Å². The van der Waals surface area contributed by atoms with Crippen molar-refractivity contribution in [3.63, 3.8) is 0 Å². The Morgan fingerprint density at radius 1 is 1.12 bits per heavy atom. The lowest BCUT2D eigenvalue weighted by atomic mass is 9.95. The summed E-state index contributed by atoms with van der Waals surface area (Å²) in [6.07, 6.45) is 1.65. The fraction of sp³-hybridized carbons (Fsp3) is 0.111. The van der Waals surface area contributed by atoms with Gasteiger partial charge >= 0.3 is 0 Å². The number of hydrogen-bond donors (Lipinski definition) is 2. The van der Waals surface area contributed by atoms with Crippen molar-refractivity contribution in [1.29, 1.82) is 0 Å². The molecule has 2 unspecified atom stereocenters. The molecule has 1 saturated heterocycles. The Morgan fingerprint density at radius 2 is 1.88 bits per heavy atom. The number of halogens is 2. The minimum atomic E-state index is -0.653. The van der Waals surface area contributed by atoms with Gasteiger partial charge in [0, 0.05) is 16.6 Å². The number of amides is 1. The van der Waals surface area contributed by atoms with Crippen LogP contribution in [0.25, 0.3) is 10.9 Å². The second-order valence-electron chi connectivity index (χ2n) is 5.78. The molecule has 0 bridgehead atoms. The number of carbonyl (C=O) groups excluding carboxylic acids is 1. The van der Waals surface area contributed by atoms with Crippen LogP contribution in [0.5, 0.6) is 5.75 Å². The van der Waals surface area contributed by atoms with Crippen LogP contribution in [0.4, 0.5) is 5.69 Å². The van der Waals surface area contributed by atoms with Gasteiger partial charge in [0.25, 0.3) is 5.91 Å². The van der Waals surface area contributed by atoms with Gasteiger partial charge in [-0.05, 0) is 42.0 Å². The zero-order valence-corrected chi connectivity index (χ0v) is 14.4. The number of alkyl halides is 1. The first-order chi connectivity index (χ1) is 12.0. The number of aromatic hydroxyl groups is 1. The van der Waals surface area contributed by atoms with Crippen LogP contribution in [-0.4, -0.2) is 26.4 Å². The number of benzene rings is 2. The highest BCUT2D eigenvalue weighted by molar-refractivity contribution is 6.34. The smallest absolute Gasteiger partial charge is 0.262 e. The van der Waals surface area contributed by atoms with Crippen LogP contribution in [0.1, 0.15) is 11.6 Å². The standard InChI is InChI=1S/C18H13Cl2N3O2/c19-11-3-6-13-14(7-8-21-15(13)9-11)22-23-17(16(20)18(23)25)10-1-4-12(24)5-2-10/h1-9,16-17,24H,(H,21,22). The van der Waals surface area contributed by atoms with Gasteiger partial charge in [-0.3, -0.25) is 15.2 Å². The quantitative estimate of drug-likeness (QED) is 0.535. The second-order valence-corrected chi connectivity index (χ2v) is 6.68. The lowest BCUT2D eigenvalue weighted by Gasteiger charge is -2.44. The highest BCUT2D eigenvalue weighted by Gasteiger charge is 2.47. The molecule has 1 aliphatic heterocycles. The van der Waals surface area contributed by atoms with E-state index in [4.69, 9.17) is 23.2 Å². The summed E-state index contributed by atoms with van der Waals surface area (Å²) in [4.78, 5) is 16.5. The molecule has 0 radical (unpaired) electrons. The number of anilines is 1. The lowest BCUT2D eigenvalue weighted by molar-refractivity contribution is -0.143. The molecule has 1 fully saturated rings. The first-order valence-corrected chi connectivity index (χ1v) is 8.43. The number of fused-ring (bicyclic) bond motifs is 1. The van der Waals surface area contributed by atoms with Gasteiger partial charge in [0.15, 0.2) is 0 Å². The van der Waals surface area contributed by atoms with Gasteiger partial charge in [0.05, 0.1) is 11.2 Å². The van der Waals surface area contributed by atoms with Gasteiger partial charge in [0.1, 0.15) is 17.2 Å². The molecule has 2 N–H and O–H groups in total. The first-order valence-electron chi connectivity index (χ1n) is 7.61. The normalized spacial score (nSPS) is 19.8. The Morgan fingerprint density at radius 3 is 2.64 bits per heavy atom. The zero-order chi connectivity index (χ0) is 17.6. The summed E-state index contributed by atoms with van der Waals surface area (Å²) in [7, 11) is 0. The number of phenols is 1. The lowest BCUT2D eigenvalue weighted by Crippen LogP contribution is -2.58. The predicted molar refractivity (Wildman–Crippen MR) is 97.7 cm³/mol. The van der Waals surface area contributed by atoms with Gasteiger partial charge in [-0.15, -0.1) is 11.6 Å². The van der Waals surface area contributed by atoms with Crippen molar-refractivity contribution >= 4 is 45.7 Å². The zero-order valence-electron chi connectivity index (χ0n) is 12.9. The van der Waals surface area contributed by atoms with Gasteiger partial charge in [-0.1, -0.05) is 23.7 Å². The molecule has 2 heterocycles. The Bertz CT molecular complexity index is 962. The molecule has 2 atom stereocenters. The van der Waals surface area contributed by atoms with Crippen LogP contribution in [0.3, 0.4) is 0 Å². The highest BCUT2D eigenvalue weighted by Crippen LogP contribution is 2.39. The molecule has 126 valence electrons. The van der Waals surface area contributed by atoms with Gasteiger partial charge in [-0.25, -0.2) is 5.01 Å². The molecule has 1 aliphatic rings. The first kappa shape index (κ1) is 16.0. The molecule has 2 aromatic carbocycles. The second kappa shape index (κ2) is 6.10. The van der Waals surface area contributed by atoms with Crippen LogP contribution in [0.2, 0.25) is 5.02 Å². The predicted octanol–water partition coefficient (Wildman–Crippen LogP) is 4.11. The number of phenolic OH excluding ortho intramolecular Hbond substituents is 1.